The van der Waals surface area contributed by atoms with Gasteiger partial charge in [-0.25, -0.2) is 12.4 Å². The standard InChI is InChI=1S/C17H15BrN2O4S/c1-11-3-5-14(6-4-11)25(22,23)20-13(10-19-21)7-12-8-17(24-2)15(18)9-16(12)20/h3-9H,10H2,1-2H3. The van der Waals surface area contributed by atoms with Crippen LogP contribution in [0.2, 0.25) is 0 Å². The number of aryl methyl sites for hydroxylation is 1. The van der Waals surface area contributed by atoms with Gasteiger partial charge in [0.2, 0.25) is 0 Å². The normalized spacial score (nSPS) is 11.6. The van der Waals surface area contributed by atoms with Crippen molar-refractivity contribution in [2.24, 2.45) is 5.18 Å². The molecule has 0 unspecified atom stereocenters. The second-order valence-corrected chi connectivity index (χ2v) is 8.19. The molecule has 2 aromatic carbocycles. The number of hydrogen-bond acceptors (Lipinski definition) is 5. The summed E-state index contributed by atoms with van der Waals surface area (Å²) < 4.78 is 33.3. The predicted octanol–water partition coefficient (Wildman–Crippen LogP) is 4.22. The van der Waals surface area contributed by atoms with E-state index in [0.717, 1.165) is 5.56 Å². The molecule has 1 heterocycles. The monoisotopic (exact) mass is 422 g/mol. The Bertz CT molecular complexity index is 1060. The average molecular weight is 423 g/mol. The van der Waals surface area contributed by atoms with Gasteiger partial charge >= 0.3 is 0 Å². The molecule has 8 heteroatoms. The van der Waals surface area contributed by atoms with Crippen LogP contribution in [0.3, 0.4) is 0 Å². The largest absolute Gasteiger partial charge is 0.496 e. The van der Waals surface area contributed by atoms with Crippen LogP contribution in [-0.4, -0.2) is 19.5 Å². The lowest BCUT2D eigenvalue weighted by Crippen LogP contribution is -2.15. The van der Waals surface area contributed by atoms with Crippen molar-refractivity contribution < 1.29 is 13.2 Å². The minimum atomic E-state index is -3.87. The zero-order valence-corrected chi connectivity index (χ0v) is 16.0. The molecule has 130 valence electrons. The number of ether oxygens (including phenoxy) is 1. The minimum absolute atomic E-state index is 0.148. The van der Waals surface area contributed by atoms with Crippen LogP contribution in [0.5, 0.6) is 5.75 Å². The first-order valence-electron chi connectivity index (χ1n) is 7.37. The minimum Gasteiger partial charge on any atom is -0.496 e. The van der Waals surface area contributed by atoms with E-state index in [0.29, 0.717) is 26.8 Å². The molecule has 3 aromatic rings. The van der Waals surface area contributed by atoms with Gasteiger partial charge in [-0.3, -0.25) is 0 Å². The van der Waals surface area contributed by atoms with E-state index >= 15 is 0 Å². The number of halogens is 1. The Labute approximate surface area is 153 Å². The van der Waals surface area contributed by atoms with Gasteiger partial charge in [0.15, 0.2) is 0 Å². The molecule has 0 saturated carbocycles. The summed E-state index contributed by atoms with van der Waals surface area (Å²) in [4.78, 5) is 11.0. The topological polar surface area (TPSA) is 77.7 Å². The molecule has 0 fully saturated rings. The van der Waals surface area contributed by atoms with Crippen molar-refractivity contribution in [2.75, 3.05) is 7.11 Å². The van der Waals surface area contributed by atoms with Crippen molar-refractivity contribution in [3.63, 3.8) is 0 Å². The fourth-order valence-corrected chi connectivity index (χ4v) is 4.70. The molecule has 0 radical (unpaired) electrons. The maximum Gasteiger partial charge on any atom is 0.268 e. The van der Waals surface area contributed by atoms with E-state index in [4.69, 9.17) is 4.74 Å². The van der Waals surface area contributed by atoms with Crippen molar-refractivity contribution in [1.82, 2.24) is 3.97 Å². The fraction of sp³-hybridized carbons (Fsp3) is 0.176. The van der Waals surface area contributed by atoms with Crippen LogP contribution in [-0.2, 0) is 16.6 Å². The molecule has 0 N–H and O–H groups in total. The maximum atomic E-state index is 13.2. The van der Waals surface area contributed by atoms with Crippen LogP contribution >= 0.6 is 15.9 Å². The molecule has 0 aliphatic rings. The Morgan fingerprint density at radius 2 is 1.84 bits per heavy atom. The highest BCUT2D eigenvalue weighted by Gasteiger charge is 2.24. The first kappa shape index (κ1) is 17.6. The SMILES string of the molecule is COc1cc2cc(CN=O)n(S(=O)(=O)c3ccc(C)cc3)c2cc1Br. The Hall–Kier alpha value is -2.19. The summed E-state index contributed by atoms with van der Waals surface area (Å²) in [5.74, 6) is 0.572. The highest BCUT2D eigenvalue weighted by molar-refractivity contribution is 9.10. The van der Waals surface area contributed by atoms with Gasteiger partial charge in [0, 0.05) is 5.39 Å². The summed E-state index contributed by atoms with van der Waals surface area (Å²) in [6.45, 7) is 1.63. The molecular formula is C17H15BrN2O4S. The number of fused-ring (bicyclic) bond motifs is 1. The second-order valence-electron chi connectivity index (χ2n) is 5.55. The lowest BCUT2D eigenvalue weighted by Gasteiger charge is -2.12. The first-order valence-corrected chi connectivity index (χ1v) is 9.61. The predicted molar refractivity (Wildman–Crippen MR) is 99.5 cm³/mol. The van der Waals surface area contributed by atoms with Gasteiger partial charge in [-0.05, 0) is 53.2 Å². The Balaban J connectivity index is 2.32. The highest BCUT2D eigenvalue weighted by Crippen LogP contribution is 2.34. The number of nitrogens with zero attached hydrogens (tertiary/aromatic N) is 2. The van der Waals surface area contributed by atoms with Crippen LogP contribution in [0, 0.1) is 11.8 Å². The molecule has 1 aromatic heterocycles. The van der Waals surface area contributed by atoms with E-state index in [1.807, 2.05) is 6.92 Å². The average Bonchev–Trinajstić information content (AvgIpc) is 2.92. The molecule has 0 bridgehead atoms. The molecule has 6 nitrogen and oxygen atoms in total. The molecule has 3 rings (SSSR count). The summed E-state index contributed by atoms with van der Waals surface area (Å²) in [7, 11) is -2.34. The van der Waals surface area contributed by atoms with Crippen LogP contribution in [0.15, 0.2) is 57.0 Å². The van der Waals surface area contributed by atoms with Gasteiger partial charge in [-0.2, -0.15) is 4.91 Å². The third-order valence-corrected chi connectivity index (χ3v) is 6.29. The third kappa shape index (κ3) is 3.07. The van der Waals surface area contributed by atoms with Crippen molar-refractivity contribution in [1.29, 1.82) is 0 Å². The van der Waals surface area contributed by atoms with Crippen LogP contribution in [0.4, 0.5) is 0 Å². The van der Waals surface area contributed by atoms with E-state index in [1.165, 1.54) is 11.1 Å². The highest BCUT2D eigenvalue weighted by atomic mass is 79.9. The van der Waals surface area contributed by atoms with Crippen molar-refractivity contribution in [3.8, 4) is 5.75 Å². The molecule has 0 aliphatic heterocycles. The fourth-order valence-electron chi connectivity index (χ4n) is 2.67. The molecule has 0 aliphatic carbocycles. The van der Waals surface area contributed by atoms with Crippen LogP contribution < -0.4 is 4.74 Å². The van der Waals surface area contributed by atoms with Crippen LogP contribution in [0.25, 0.3) is 10.9 Å². The summed E-state index contributed by atoms with van der Waals surface area (Å²) >= 11 is 3.37. The molecule has 0 saturated heterocycles. The first-order chi connectivity index (χ1) is 11.9. The number of hydrogen-bond donors (Lipinski definition) is 0. The van der Waals surface area contributed by atoms with Gasteiger partial charge in [0.25, 0.3) is 10.0 Å². The van der Waals surface area contributed by atoms with E-state index in [9.17, 15) is 13.3 Å². The Morgan fingerprint density at radius 1 is 1.16 bits per heavy atom. The summed E-state index contributed by atoms with van der Waals surface area (Å²) in [5, 5.41) is 3.52. The lowest BCUT2D eigenvalue weighted by molar-refractivity contribution is 0.413. The summed E-state index contributed by atoms with van der Waals surface area (Å²) in [6.07, 6.45) is 0. The zero-order chi connectivity index (χ0) is 18.2. The number of benzene rings is 2. The number of rotatable bonds is 5. The summed E-state index contributed by atoms with van der Waals surface area (Å²) in [6, 6.07) is 11.6. The van der Waals surface area contributed by atoms with Gasteiger partial charge in [-0.1, -0.05) is 22.9 Å². The molecule has 25 heavy (non-hydrogen) atoms. The van der Waals surface area contributed by atoms with E-state index < -0.39 is 10.0 Å². The van der Waals surface area contributed by atoms with Gasteiger partial charge in [0.05, 0.1) is 27.7 Å². The Morgan fingerprint density at radius 3 is 2.44 bits per heavy atom. The quantitative estimate of drug-likeness (QED) is 0.576. The van der Waals surface area contributed by atoms with E-state index in [1.54, 1.807) is 42.5 Å². The molecule has 0 atom stereocenters. The smallest absolute Gasteiger partial charge is 0.268 e. The zero-order valence-electron chi connectivity index (χ0n) is 13.6. The number of methoxy groups -OCH3 is 1. The molecular weight excluding hydrogens is 408 g/mol. The Kier molecular flexibility index (Phi) is 4.66. The lowest BCUT2D eigenvalue weighted by atomic mass is 10.2. The molecule has 0 amide bonds. The maximum absolute atomic E-state index is 13.2. The van der Waals surface area contributed by atoms with E-state index in [2.05, 4.69) is 21.1 Å². The van der Waals surface area contributed by atoms with E-state index in [-0.39, 0.29) is 11.4 Å². The van der Waals surface area contributed by atoms with Gasteiger partial charge in [-0.15, -0.1) is 0 Å². The van der Waals surface area contributed by atoms with Crippen molar-refractivity contribution in [2.45, 2.75) is 18.4 Å². The van der Waals surface area contributed by atoms with Crippen molar-refractivity contribution >= 4 is 36.9 Å². The number of nitroso groups, excluding NO2 is 1. The number of aromatic nitrogens is 1. The summed E-state index contributed by atoms with van der Waals surface area (Å²) in [5.41, 5.74) is 1.70. The van der Waals surface area contributed by atoms with Crippen LogP contribution in [0.1, 0.15) is 11.3 Å². The van der Waals surface area contributed by atoms with Gasteiger partial charge < -0.3 is 4.74 Å². The third-order valence-electron chi connectivity index (χ3n) is 3.89. The molecule has 0 spiro atoms. The van der Waals surface area contributed by atoms with Gasteiger partial charge in [0.1, 0.15) is 12.3 Å². The van der Waals surface area contributed by atoms with Crippen molar-refractivity contribution in [3.05, 3.63) is 63.1 Å². The second kappa shape index (κ2) is 6.61.